The second-order valence-electron chi connectivity index (χ2n) is 4.24. The fourth-order valence-electron chi connectivity index (χ4n) is 1.60. The Morgan fingerprint density at radius 2 is 2.13 bits per heavy atom. The molecule has 23 heavy (non-hydrogen) atoms. The van der Waals surface area contributed by atoms with Crippen LogP contribution in [0, 0.1) is 0 Å². The largest absolute Gasteiger partial charge is 0.453 e. The van der Waals surface area contributed by atoms with Crippen LogP contribution in [0.2, 0.25) is 0 Å². The van der Waals surface area contributed by atoms with Crippen molar-refractivity contribution in [1.82, 2.24) is 14.9 Å². The van der Waals surface area contributed by atoms with E-state index >= 15 is 0 Å². The van der Waals surface area contributed by atoms with Gasteiger partial charge in [-0.3, -0.25) is 4.79 Å². The van der Waals surface area contributed by atoms with Crippen LogP contribution in [0.25, 0.3) is 0 Å². The normalized spacial score (nSPS) is 11.5. The molecule has 1 aromatic heterocycles. The SMILES string of the molecule is CSc1cccc(NC(=O)CSc2nnc(C(F)(F)F)n2N)c1. The highest BCUT2D eigenvalue weighted by Gasteiger charge is 2.38. The Balaban J connectivity index is 1.96. The van der Waals surface area contributed by atoms with Crippen LogP contribution >= 0.6 is 23.5 Å². The maximum Gasteiger partial charge on any atom is 0.453 e. The standard InChI is InChI=1S/C12H12F3N5OS2/c1-22-8-4-2-3-7(5-8)17-9(21)6-23-11-19-18-10(20(11)16)12(13,14)15/h2-5H,6,16H2,1H3,(H,17,21). The maximum atomic E-state index is 12.5. The van der Waals surface area contributed by atoms with Crippen molar-refractivity contribution in [3.63, 3.8) is 0 Å². The number of alkyl halides is 3. The molecule has 6 nitrogen and oxygen atoms in total. The number of hydrogen-bond donors (Lipinski definition) is 2. The summed E-state index contributed by atoms with van der Waals surface area (Å²) in [7, 11) is 0. The first-order valence-electron chi connectivity index (χ1n) is 6.15. The zero-order valence-corrected chi connectivity index (χ0v) is 13.4. The van der Waals surface area contributed by atoms with Crippen LogP contribution in [0.3, 0.4) is 0 Å². The highest BCUT2D eigenvalue weighted by atomic mass is 32.2. The fraction of sp³-hybridized carbons (Fsp3) is 0.250. The van der Waals surface area contributed by atoms with Crippen molar-refractivity contribution in [3.8, 4) is 0 Å². The number of amides is 1. The number of hydrogen-bond acceptors (Lipinski definition) is 6. The first-order valence-corrected chi connectivity index (χ1v) is 8.36. The molecule has 0 aliphatic rings. The first kappa shape index (κ1) is 17.5. The maximum absolute atomic E-state index is 12.5. The quantitative estimate of drug-likeness (QED) is 0.627. The molecule has 1 aromatic carbocycles. The van der Waals surface area contributed by atoms with Crippen molar-refractivity contribution in [2.24, 2.45) is 0 Å². The van der Waals surface area contributed by atoms with Crippen LogP contribution in [0.5, 0.6) is 0 Å². The monoisotopic (exact) mass is 363 g/mol. The molecule has 1 heterocycles. The highest BCUT2D eigenvalue weighted by molar-refractivity contribution is 7.99. The average Bonchev–Trinajstić information content (AvgIpc) is 2.86. The van der Waals surface area contributed by atoms with Crippen molar-refractivity contribution in [2.75, 3.05) is 23.2 Å². The number of nitrogens with zero attached hydrogens (tertiary/aromatic N) is 3. The van der Waals surface area contributed by atoms with Gasteiger partial charge < -0.3 is 11.2 Å². The van der Waals surface area contributed by atoms with Crippen molar-refractivity contribution >= 4 is 35.1 Å². The first-order chi connectivity index (χ1) is 10.8. The molecule has 1 amide bonds. The van der Waals surface area contributed by atoms with Gasteiger partial charge in [-0.15, -0.1) is 22.0 Å². The lowest BCUT2D eigenvalue weighted by Gasteiger charge is -2.07. The second-order valence-corrected chi connectivity index (χ2v) is 6.06. The summed E-state index contributed by atoms with van der Waals surface area (Å²) in [6, 6.07) is 7.20. The van der Waals surface area contributed by atoms with E-state index in [1.807, 2.05) is 12.3 Å². The summed E-state index contributed by atoms with van der Waals surface area (Å²) in [5, 5.41) is 8.78. The molecule has 2 rings (SSSR count). The lowest BCUT2D eigenvalue weighted by Crippen LogP contribution is -2.22. The summed E-state index contributed by atoms with van der Waals surface area (Å²) < 4.78 is 37.9. The van der Waals surface area contributed by atoms with Gasteiger partial charge in [-0.25, -0.2) is 4.68 Å². The van der Waals surface area contributed by atoms with E-state index in [0.717, 1.165) is 16.7 Å². The van der Waals surface area contributed by atoms with Gasteiger partial charge >= 0.3 is 6.18 Å². The summed E-state index contributed by atoms with van der Waals surface area (Å²) in [6.07, 6.45) is -2.79. The third-order valence-corrected chi connectivity index (χ3v) is 4.27. The number of anilines is 1. The van der Waals surface area contributed by atoms with E-state index in [9.17, 15) is 18.0 Å². The number of benzene rings is 1. The van der Waals surface area contributed by atoms with Crippen LogP contribution in [-0.2, 0) is 11.0 Å². The number of carbonyl (C=O) groups excluding carboxylic acids is 1. The number of nitrogen functional groups attached to an aromatic ring is 1. The molecule has 0 fully saturated rings. The van der Waals surface area contributed by atoms with E-state index in [0.29, 0.717) is 10.4 Å². The lowest BCUT2D eigenvalue weighted by molar-refractivity contribution is -0.146. The number of carbonyl (C=O) groups is 1. The molecule has 0 unspecified atom stereocenters. The van der Waals surface area contributed by atoms with Crippen LogP contribution < -0.4 is 11.2 Å². The van der Waals surface area contributed by atoms with Gasteiger partial charge in [-0.1, -0.05) is 17.8 Å². The molecule has 0 atom stereocenters. The Hall–Kier alpha value is -1.88. The zero-order valence-electron chi connectivity index (χ0n) is 11.8. The van der Waals surface area contributed by atoms with Gasteiger partial charge in [0.15, 0.2) is 0 Å². The van der Waals surface area contributed by atoms with Gasteiger partial charge in [-0.2, -0.15) is 13.2 Å². The molecule has 2 aromatic rings. The van der Waals surface area contributed by atoms with E-state index < -0.39 is 12.0 Å². The molecule has 0 saturated heterocycles. The topological polar surface area (TPSA) is 85.8 Å². The van der Waals surface area contributed by atoms with E-state index in [1.54, 1.807) is 18.2 Å². The summed E-state index contributed by atoms with van der Waals surface area (Å²) in [5.41, 5.74) is 0.604. The molecule has 0 spiro atoms. The third-order valence-electron chi connectivity index (χ3n) is 2.60. The molecule has 11 heteroatoms. The number of rotatable bonds is 5. The molecular weight excluding hydrogens is 351 g/mol. The number of nitrogens with one attached hydrogen (secondary N) is 1. The van der Waals surface area contributed by atoms with E-state index in [4.69, 9.17) is 5.84 Å². The van der Waals surface area contributed by atoms with Crippen LogP contribution in [0.4, 0.5) is 18.9 Å². The average molecular weight is 363 g/mol. The van der Waals surface area contributed by atoms with Gasteiger partial charge in [0, 0.05) is 10.6 Å². The van der Waals surface area contributed by atoms with E-state index in [2.05, 4.69) is 15.5 Å². The Kier molecular flexibility index (Phi) is 5.42. The predicted octanol–water partition coefficient (Wildman–Crippen LogP) is 2.46. The van der Waals surface area contributed by atoms with Crippen LogP contribution in [-0.4, -0.2) is 32.8 Å². The van der Waals surface area contributed by atoms with Gasteiger partial charge in [0.2, 0.25) is 11.1 Å². The van der Waals surface area contributed by atoms with Crippen molar-refractivity contribution in [2.45, 2.75) is 16.2 Å². The smallest absolute Gasteiger partial charge is 0.335 e. The van der Waals surface area contributed by atoms with Gasteiger partial charge in [0.05, 0.1) is 5.75 Å². The molecule has 0 aliphatic carbocycles. The van der Waals surface area contributed by atoms with E-state index in [1.165, 1.54) is 11.8 Å². The molecule has 0 bridgehead atoms. The lowest BCUT2D eigenvalue weighted by atomic mass is 10.3. The Bertz CT molecular complexity index is 704. The summed E-state index contributed by atoms with van der Waals surface area (Å²) >= 11 is 2.29. The Labute approximate surface area is 138 Å². The minimum absolute atomic E-state index is 0.142. The van der Waals surface area contributed by atoms with Crippen molar-refractivity contribution < 1.29 is 18.0 Å². The van der Waals surface area contributed by atoms with Gasteiger partial charge in [0.25, 0.3) is 5.82 Å². The number of aromatic nitrogens is 3. The van der Waals surface area contributed by atoms with Crippen LogP contribution in [0.1, 0.15) is 5.82 Å². The summed E-state index contributed by atoms with van der Waals surface area (Å²) in [5.74, 6) is 3.44. The number of halogens is 3. The highest BCUT2D eigenvalue weighted by Crippen LogP contribution is 2.28. The molecule has 124 valence electrons. The third kappa shape index (κ3) is 4.55. The Morgan fingerprint density at radius 3 is 2.74 bits per heavy atom. The zero-order chi connectivity index (χ0) is 17.0. The summed E-state index contributed by atoms with van der Waals surface area (Å²) in [6.45, 7) is 0. The van der Waals surface area contributed by atoms with E-state index in [-0.39, 0.29) is 16.8 Å². The minimum Gasteiger partial charge on any atom is -0.335 e. The molecule has 0 aliphatic heterocycles. The minimum atomic E-state index is -4.69. The predicted molar refractivity (Wildman–Crippen MR) is 82.8 cm³/mol. The number of thioether (sulfide) groups is 2. The second kappa shape index (κ2) is 7.13. The van der Waals surface area contributed by atoms with Gasteiger partial charge in [-0.05, 0) is 24.5 Å². The number of nitrogens with two attached hydrogens (primary N) is 1. The molecule has 3 N–H and O–H groups in total. The molecule has 0 radical (unpaired) electrons. The molecule has 0 saturated carbocycles. The van der Waals surface area contributed by atoms with Gasteiger partial charge in [0.1, 0.15) is 0 Å². The van der Waals surface area contributed by atoms with Crippen molar-refractivity contribution in [3.05, 3.63) is 30.1 Å². The van der Waals surface area contributed by atoms with Crippen molar-refractivity contribution in [1.29, 1.82) is 0 Å². The fourth-order valence-corrected chi connectivity index (χ4v) is 2.71. The Morgan fingerprint density at radius 1 is 1.39 bits per heavy atom. The van der Waals surface area contributed by atoms with Crippen LogP contribution in [0.15, 0.2) is 34.3 Å². The molecular formula is C12H12F3N5OS2. The summed E-state index contributed by atoms with van der Waals surface area (Å²) in [4.78, 5) is 12.8.